The van der Waals surface area contributed by atoms with Gasteiger partial charge in [0.1, 0.15) is 17.0 Å². The Hall–Kier alpha value is -3.71. The summed E-state index contributed by atoms with van der Waals surface area (Å²) >= 11 is 3.40. The second-order valence-corrected chi connectivity index (χ2v) is 7.50. The molecule has 1 heterocycles. The van der Waals surface area contributed by atoms with Crippen molar-refractivity contribution in [3.8, 4) is 5.75 Å². The average Bonchev–Trinajstić information content (AvgIpc) is 3.20. The molecule has 1 N–H and O–H groups in total. The van der Waals surface area contributed by atoms with E-state index in [0.717, 1.165) is 5.56 Å². The number of halogens is 1. The first-order chi connectivity index (χ1) is 15.0. The number of nitrogens with zero attached hydrogens (tertiary/aromatic N) is 1. The highest BCUT2D eigenvalue weighted by Crippen LogP contribution is 2.28. The van der Waals surface area contributed by atoms with E-state index in [-0.39, 0.29) is 11.8 Å². The smallest absolute Gasteiger partial charge is 0.308 e. The van der Waals surface area contributed by atoms with Crippen molar-refractivity contribution in [3.63, 3.8) is 0 Å². The summed E-state index contributed by atoms with van der Waals surface area (Å²) in [5.74, 6) is -0.0111. The van der Waals surface area contributed by atoms with Gasteiger partial charge < -0.3 is 14.5 Å². The van der Waals surface area contributed by atoms with Gasteiger partial charge in [0.2, 0.25) is 5.89 Å². The van der Waals surface area contributed by atoms with Crippen molar-refractivity contribution < 1.29 is 18.7 Å². The number of hydrogen-bond donors (Lipinski definition) is 1. The van der Waals surface area contributed by atoms with Crippen LogP contribution in [0.1, 0.15) is 28.7 Å². The minimum atomic E-state index is -0.411. The maximum Gasteiger partial charge on any atom is 0.308 e. The van der Waals surface area contributed by atoms with Gasteiger partial charge in [-0.3, -0.25) is 9.59 Å². The van der Waals surface area contributed by atoms with Gasteiger partial charge in [-0.05, 0) is 64.0 Å². The number of nitrogens with one attached hydrogen (secondary N) is 1. The summed E-state index contributed by atoms with van der Waals surface area (Å²) in [4.78, 5) is 28.5. The molecule has 4 rings (SSSR count). The lowest BCUT2D eigenvalue weighted by atomic mass is 10.1. The van der Waals surface area contributed by atoms with E-state index in [1.54, 1.807) is 48.5 Å². The molecular weight excluding hydrogens is 460 g/mol. The second kappa shape index (κ2) is 8.97. The van der Waals surface area contributed by atoms with Crippen molar-refractivity contribution in [3.05, 3.63) is 94.3 Å². The Morgan fingerprint density at radius 1 is 1.03 bits per heavy atom. The fraction of sp³-hybridized carbons (Fsp3) is 0.0417. The molecule has 0 aliphatic heterocycles. The summed E-state index contributed by atoms with van der Waals surface area (Å²) in [7, 11) is 0. The first kappa shape index (κ1) is 20.6. The van der Waals surface area contributed by atoms with Crippen molar-refractivity contribution >= 4 is 50.7 Å². The van der Waals surface area contributed by atoms with Crippen LogP contribution >= 0.6 is 15.9 Å². The van der Waals surface area contributed by atoms with Gasteiger partial charge in [-0.15, -0.1) is 0 Å². The van der Waals surface area contributed by atoms with Crippen molar-refractivity contribution in [2.45, 2.75) is 6.92 Å². The standard InChI is InChI=1S/C24H17BrN2O4/c1-15(28)30-21-12-11-16(13-18(21)25)14-20(26-23(29)17-7-3-2-4-8-17)24-27-19-9-5-6-10-22(19)31-24/h2-14H,1H3,(H,26,29)/b20-14-. The molecule has 31 heavy (non-hydrogen) atoms. The van der Waals surface area contributed by atoms with Gasteiger partial charge in [-0.2, -0.15) is 0 Å². The number of ether oxygens (including phenoxy) is 1. The van der Waals surface area contributed by atoms with Crippen LogP contribution in [0.15, 0.2) is 81.7 Å². The Labute approximate surface area is 186 Å². The van der Waals surface area contributed by atoms with E-state index in [1.165, 1.54) is 6.92 Å². The predicted octanol–water partition coefficient (Wildman–Crippen LogP) is 5.44. The molecule has 4 aromatic rings. The molecule has 7 heteroatoms. The van der Waals surface area contributed by atoms with Crippen LogP contribution in [0.2, 0.25) is 0 Å². The van der Waals surface area contributed by atoms with Crippen LogP contribution in [0.25, 0.3) is 22.9 Å². The lowest BCUT2D eigenvalue weighted by Crippen LogP contribution is -2.22. The van der Waals surface area contributed by atoms with Crippen LogP contribution in [0.3, 0.4) is 0 Å². The highest BCUT2D eigenvalue weighted by molar-refractivity contribution is 9.10. The minimum Gasteiger partial charge on any atom is -0.435 e. The summed E-state index contributed by atoms with van der Waals surface area (Å²) in [5, 5.41) is 2.89. The fourth-order valence-electron chi connectivity index (χ4n) is 2.93. The SMILES string of the molecule is CC(=O)Oc1ccc(/C=C(\NC(=O)c2ccccc2)c2nc3ccccc3o2)cc1Br. The maximum atomic E-state index is 12.8. The molecule has 154 valence electrons. The van der Waals surface area contributed by atoms with Crippen LogP contribution in [-0.2, 0) is 4.79 Å². The molecule has 1 amide bonds. The number of benzene rings is 3. The van der Waals surface area contributed by atoms with Crippen LogP contribution in [0.4, 0.5) is 0 Å². The number of oxazole rings is 1. The molecule has 0 unspecified atom stereocenters. The second-order valence-electron chi connectivity index (χ2n) is 6.65. The Kier molecular flexibility index (Phi) is 5.95. The maximum absolute atomic E-state index is 12.8. The molecule has 0 aliphatic rings. The molecule has 0 spiro atoms. The number of aromatic nitrogens is 1. The molecule has 0 aliphatic carbocycles. The number of amides is 1. The number of para-hydroxylation sites is 2. The molecule has 1 aromatic heterocycles. The van der Waals surface area contributed by atoms with E-state index >= 15 is 0 Å². The number of fused-ring (bicyclic) bond motifs is 1. The molecule has 3 aromatic carbocycles. The Bertz CT molecular complexity index is 1260. The third-order valence-corrected chi connectivity index (χ3v) is 4.95. The monoisotopic (exact) mass is 476 g/mol. The number of esters is 1. The molecule has 6 nitrogen and oxygen atoms in total. The Morgan fingerprint density at radius 3 is 2.48 bits per heavy atom. The van der Waals surface area contributed by atoms with Gasteiger partial charge in [0.25, 0.3) is 5.91 Å². The normalized spacial score (nSPS) is 11.4. The third kappa shape index (κ3) is 4.90. The Morgan fingerprint density at radius 2 is 1.77 bits per heavy atom. The largest absolute Gasteiger partial charge is 0.435 e. The van der Waals surface area contributed by atoms with Crippen LogP contribution in [-0.4, -0.2) is 16.9 Å². The zero-order valence-corrected chi connectivity index (χ0v) is 18.0. The van der Waals surface area contributed by atoms with Crippen LogP contribution in [0.5, 0.6) is 5.75 Å². The first-order valence-corrected chi connectivity index (χ1v) is 10.2. The van der Waals surface area contributed by atoms with E-state index in [0.29, 0.717) is 32.6 Å². The first-order valence-electron chi connectivity index (χ1n) is 9.41. The minimum absolute atomic E-state index is 0.283. The van der Waals surface area contributed by atoms with Crippen molar-refractivity contribution in [2.24, 2.45) is 0 Å². The van der Waals surface area contributed by atoms with Gasteiger partial charge in [0.05, 0.1) is 4.47 Å². The van der Waals surface area contributed by atoms with E-state index in [1.807, 2.05) is 30.3 Å². The summed E-state index contributed by atoms with van der Waals surface area (Å²) in [6, 6.07) is 21.5. The van der Waals surface area contributed by atoms with Gasteiger partial charge in [-0.25, -0.2) is 4.98 Å². The van der Waals surface area contributed by atoms with E-state index in [9.17, 15) is 9.59 Å². The van der Waals surface area contributed by atoms with Crippen LogP contribution < -0.4 is 10.1 Å². The molecule has 0 saturated heterocycles. The zero-order chi connectivity index (χ0) is 21.8. The third-order valence-electron chi connectivity index (χ3n) is 4.33. The molecule has 0 saturated carbocycles. The number of hydrogen-bond acceptors (Lipinski definition) is 5. The van der Waals surface area contributed by atoms with Gasteiger partial charge in [0, 0.05) is 12.5 Å². The van der Waals surface area contributed by atoms with Crippen molar-refractivity contribution in [1.29, 1.82) is 0 Å². The molecule has 0 radical (unpaired) electrons. The Balaban J connectivity index is 1.73. The molecule has 0 fully saturated rings. The summed E-state index contributed by atoms with van der Waals surface area (Å²) < 4.78 is 11.6. The molecule has 0 atom stereocenters. The number of carbonyl (C=O) groups excluding carboxylic acids is 2. The van der Waals surface area contributed by atoms with E-state index in [4.69, 9.17) is 9.15 Å². The average molecular weight is 477 g/mol. The molecule has 0 bridgehead atoms. The van der Waals surface area contributed by atoms with Crippen LogP contribution in [0, 0.1) is 0 Å². The zero-order valence-electron chi connectivity index (χ0n) is 16.5. The summed E-state index contributed by atoms with van der Waals surface area (Å²) in [5.41, 5.74) is 2.95. The fourth-order valence-corrected chi connectivity index (χ4v) is 3.41. The van der Waals surface area contributed by atoms with Crippen molar-refractivity contribution in [2.75, 3.05) is 0 Å². The van der Waals surface area contributed by atoms with Crippen molar-refractivity contribution in [1.82, 2.24) is 10.3 Å². The lowest BCUT2D eigenvalue weighted by Gasteiger charge is -2.09. The summed E-state index contributed by atoms with van der Waals surface area (Å²) in [6.45, 7) is 1.34. The van der Waals surface area contributed by atoms with Gasteiger partial charge in [0.15, 0.2) is 5.58 Å². The number of rotatable bonds is 5. The van der Waals surface area contributed by atoms with E-state index < -0.39 is 5.97 Å². The summed E-state index contributed by atoms with van der Waals surface area (Å²) in [6.07, 6.45) is 1.74. The van der Waals surface area contributed by atoms with Gasteiger partial charge >= 0.3 is 5.97 Å². The predicted molar refractivity (Wildman–Crippen MR) is 121 cm³/mol. The lowest BCUT2D eigenvalue weighted by molar-refractivity contribution is -0.131. The highest BCUT2D eigenvalue weighted by Gasteiger charge is 2.16. The quantitative estimate of drug-likeness (QED) is 0.306. The number of carbonyl (C=O) groups is 2. The highest BCUT2D eigenvalue weighted by atomic mass is 79.9. The van der Waals surface area contributed by atoms with E-state index in [2.05, 4.69) is 26.2 Å². The van der Waals surface area contributed by atoms with Gasteiger partial charge in [-0.1, -0.05) is 36.4 Å². The molecular formula is C24H17BrN2O4. The topological polar surface area (TPSA) is 81.4 Å².